The third-order valence-corrected chi connectivity index (χ3v) is 6.20. The Morgan fingerprint density at radius 2 is 2.04 bits per heavy atom. The highest BCUT2D eigenvalue weighted by Crippen LogP contribution is 2.31. The maximum atomic E-state index is 5.35. The van der Waals surface area contributed by atoms with E-state index < -0.39 is 0 Å². The zero-order valence-corrected chi connectivity index (χ0v) is 14.9. The van der Waals surface area contributed by atoms with Gasteiger partial charge in [0.15, 0.2) is 0 Å². The average molecular weight is 344 g/mol. The molecule has 1 N–H and O–H groups in total. The highest BCUT2D eigenvalue weighted by Gasteiger charge is 2.25. The minimum atomic E-state index is 0.593. The van der Waals surface area contributed by atoms with Gasteiger partial charge in [0.1, 0.15) is 15.8 Å². The Bertz CT molecular complexity index is 677. The lowest BCUT2D eigenvalue weighted by molar-refractivity contribution is 0.204. The lowest BCUT2D eigenvalue weighted by atomic mass is 9.89. The van der Waals surface area contributed by atoms with Crippen molar-refractivity contribution in [3.05, 3.63) is 39.8 Å². The number of ether oxygens (including phenoxy) is 1. The van der Waals surface area contributed by atoms with Crippen LogP contribution < -0.4 is 10.1 Å². The van der Waals surface area contributed by atoms with E-state index in [-0.39, 0.29) is 0 Å². The fraction of sp³-hybridized carbons (Fsp3) is 0.556. The van der Waals surface area contributed by atoms with Crippen molar-refractivity contribution < 1.29 is 4.74 Å². The fourth-order valence-corrected chi connectivity index (χ4v) is 4.46. The molecular formula is C18H24N4OS. The van der Waals surface area contributed by atoms with Gasteiger partial charge < -0.3 is 10.1 Å². The monoisotopic (exact) mass is 344 g/mol. The molecule has 5 nitrogen and oxygen atoms in total. The summed E-state index contributed by atoms with van der Waals surface area (Å²) < 4.78 is 5.35. The Morgan fingerprint density at radius 1 is 1.21 bits per heavy atom. The van der Waals surface area contributed by atoms with E-state index in [9.17, 15) is 0 Å². The van der Waals surface area contributed by atoms with Crippen LogP contribution >= 0.6 is 11.3 Å². The Morgan fingerprint density at radius 3 is 2.75 bits per heavy atom. The van der Waals surface area contributed by atoms with E-state index in [1.807, 2.05) is 6.07 Å². The number of nitrogens with zero attached hydrogens (tertiary/aromatic N) is 3. The van der Waals surface area contributed by atoms with Gasteiger partial charge in [0.05, 0.1) is 13.7 Å². The summed E-state index contributed by atoms with van der Waals surface area (Å²) in [5.41, 5.74) is 1.41. The van der Waals surface area contributed by atoms with E-state index in [1.165, 1.54) is 23.4 Å². The summed E-state index contributed by atoms with van der Waals surface area (Å²) in [4.78, 5) is 2.51. The molecule has 0 amide bonds. The summed E-state index contributed by atoms with van der Waals surface area (Å²) in [7, 11) is 1.73. The van der Waals surface area contributed by atoms with Crippen LogP contribution in [0.25, 0.3) is 0 Å². The molecule has 2 aromatic rings. The number of hydrogen-bond acceptors (Lipinski definition) is 6. The summed E-state index contributed by atoms with van der Waals surface area (Å²) in [5.74, 6) is 2.19. The van der Waals surface area contributed by atoms with Crippen molar-refractivity contribution in [3.63, 3.8) is 0 Å². The SMILES string of the molecule is COc1cccc(C2CCN(Cc3nnc(C4CNC4)s3)CC2)c1. The average Bonchev–Trinajstić information content (AvgIpc) is 3.02. The molecule has 2 aliphatic rings. The van der Waals surface area contributed by atoms with E-state index >= 15 is 0 Å². The molecule has 0 unspecified atom stereocenters. The predicted octanol–water partition coefficient (Wildman–Crippen LogP) is 2.61. The van der Waals surface area contributed by atoms with Gasteiger partial charge >= 0.3 is 0 Å². The van der Waals surface area contributed by atoms with Crippen LogP contribution in [-0.2, 0) is 6.54 Å². The summed E-state index contributed by atoms with van der Waals surface area (Å²) in [6, 6.07) is 8.53. The van der Waals surface area contributed by atoms with Crippen LogP contribution in [0.1, 0.15) is 40.3 Å². The molecule has 24 heavy (non-hydrogen) atoms. The van der Waals surface area contributed by atoms with Crippen LogP contribution in [0.5, 0.6) is 5.75 Å². The van der Waals surface area contributed by atoms with Crippen LogP contribution in [0, 0.1) is 0 Å². The van der Waals surface area contributed by atoms with Crippen LogP contribution in [0.15, 0.2) is 24.3 Å². The van der Waals surface area contributed by atoms with E-state index in [1.54, 1.807) is 18.4 Å². The molecule has 4 rings (SSSR count). The molecule has 0 radical (unpaired) electrons. The molecule has 2 aliphatic heterocycles. The summed E-state index contributed by atoms with van der Waals surface area (Å²) >= 11 is 1.79. The first-order valence-electron chi connectivity index (χ1n) is 8.71. The molecule has 6 heteroatoms. The van der Waals surface area contributed by atoms with E-state index in [4.69, 9.17) is 4.74 Å². The third kappa shape index (κ3) is 3.45. The van der Waals surface area contributed by atoms with Crippen molar-refractivity contribution in [2.45, 2.75) is 31.2 Å². The summed E-state index contributed by atoms with van der Waals surface area (Å²) in [6.45, 7) is 5.31. The highest BCUT2D eigenvalue weighted by atomic mass is 32.1. The zero-order chi connectivity index (χ0) is 16.4. The van der Waals surface area contributed by atoms with Crippen molar-refractivity contribution in [1.82, 2.24) is 20.4 Å². The van der Waals surface area contributed by atoms with Crippen molar-refractivity contribution in [2.75, 3.05) is 33.3 Å². The van der Waals surface area contributed by atoms with Crippen molar-refractivity contribution in [3.8, 4) is 5.75 Å². The number of rotatable bonds is 5. The van der Waals surface area contributed by atoms with E-state index in [0.717, 1.165) is 43.5 Å². The maximum absolute atomic E-state index is 5.35. The highest BCUT2D eigenvalue weighted by molar-refractivity contribution is 7.11. The van der Waals surface area contributed by atoms with Crippen molar-refractivity contribution in [2.24, 2.45) is 0 Å². The fourth-order valence-electron chi connectivity index (χ4n) is 3.47. The summed E-state index contributed by atoms with van der Waals surface area (Å²) in [5, 5.41) is 14.4. The number of hydrogen-bond donors (Lipinski definition) is 1. The Kier molecular flexibility index (Phi) is 4.78. The second-order valence-electron chi connectivity index (χ2n) is 6.72. The number of likely N-dealkylation sites (tertiary alicyclic amines) is 1. The first-order valence-corrected chi connectivity index (χ1v) is 9.53. The van der Waals surface area contributed by atoms with Gasteiger partial charge in [-0.05, 0) is 49.5 Å². The first kappa shape index (κ1) is 16.0. The molecule has 3 heterocycles. The second kappa shape index (κ2) is 7.17. The predicted molar refractivity (Wildman–Crippen MR) is 95.8 cm³/mol. The van der Waals surface area contributed by atoms with Gasteiger partial charge in [-0.15, -0.1) is 10.2 Å². The number of piperidine rings is 1. The number of nitrogens with one attached hydrogen (secondary N) is 1. The second-order valence-corrected chi connectivity index (χ2v) is 7.81. The van der Waals surface area contributed by atoms with Gasteiger partial charge in [0.2, 0.25) is 0 Å². The quantitative estimate of drug-likeness (QED) is 0.903. The number of aromatic nitrogens is 2. The van der Waals surface area contributed by atoms with Crippen LogP contribution in [0.4, 0.5) is 0 Å². The maximum Gasteiger partial charge on any atom is 0.131 e. The number of methoxy groups -OCH3 is 1. The minimum absolute atomic E-state index is 0.593. The first-order chi connectivity index (χ1) is 11.8. The van der Waals surface area contributed by atoms with Gasteiger partial charge in [-0.2, -0.15) is 0 Å². The number of benzene rings is 1. The minimum Gasteiger partial charge on any atom is -0.497 e. The molecule has 1 aromatic carbocycles. The van der Waals surface area contributed by atoms with Gasteiger partial charge in [0, 0.05) is 19.0 Å². The standard InChI is InChI=1S/C18H24N4OS/c1-23-16-4-2-3-14(9-16)13-5-7-22(8-6-13)12-17-20-21-18(24-17)15-10-19-11-15/h2-4,9,13,15,19H,5-8,10-12H2,1H3. The molecule has 0 atom stereocenters. The van der Waals surface area contributed by atoms with Crippen molar-refractivity contribution in [1.29, 1.82) is 0 Å². The Hall–Kier alpha value is -1.50. The molecule has 128 valence electrons. The lowest BCUT2D eigenvalue weighted by Gasteiger charge is -2.31. The molecule has 0 spiro atoms. The molecule has 1 aromatic heterocycles. The largest absolute Gasteiger partial charge is 0.497 e. The molecule has 0 saturated carbocycles. The molecule has 0 aliphatic carbocycles. The lowest BCUT2D eigenvalue weighted by Crippen LogP contribution is -2.39. The van der Waals surface area contributed by atoms with Gasteiger partial charge in [-0.3, -0.25) is 4.90 Å². The Labute approximate surface area is 147 Å². The topological polar surface area (TPSA) is 50.3 Å². The summed E-state index contributed by atoms with van der Waals surface area (Å²) in [6.07, 6.45) is 2.40. The van der Waals surface area contributed by atoms with Crippen LogP contribution in [0.2, 0.25) is 0 Å². The third-order valence-electron chi connectivity index (χ3n) is 5.12. The smallest absolute Gasteiger partial charge is 0.131 e. The van der Waals surface area contributed by atoms with E-state index in [0.29, 0.717) is 11.8 Å². The molecular weight excluding hydrogens is 320 g/mol. The normalized spacial score (nSPS) is 20.0. The van der Waals surface area contributed by atoms with Gasteiger partial charge in [-0.1, -0.05) is 23.5 Å². The van der Waals surface area contributed by atoms with Crippen LogP contribution in [-0.4, -0.2) is 48.4 Å². The van der Waals surface area contributed by atoms with Crippen LogP contribution in [0.3, 0.4) is 0 Å². The van der Waals surface area contributed by atoms with Gasteiger partial charge in [0.25, 0.3) is 0 Å². The van der Waals surface area contributed by atoms with Gasteiger partial charge in [-0.25, -0.2) is 0 Å². The molecule has 0 bridgehead atoms. The van der Waals surface area contributed by atoms with E-state index in [2.05, 4.69) is 38.6 Å². The Balaban J connectivity index is 1.31. The molecule has 2 saturated heterocycles. The molecule has 2 fully saturated rings. The van der Waals surface area contributed by atoms with Crippen molar-refractivity contribution >= 4 is 11.3 Å². The zero-order valence-electron chi connectivity index (χ0n) is 14.1.